The van der Waals surface area contributed by atoms with E-state index in [1.165, 1.54) is 14.0 Å². The number of nitrogens with zero attached hydrogens (tertiary/aromatic N) is 2. The van der Waals surface area contributed by atoms with Crippen molar-refractivity contribution in [1.29, 1.82) is 0 Å². The van der Waals surface area contributed by atoms with Crippen LogP contribution in [0.3, 0.4) is 0 Å². The zero-order valence-electron chi connectivity index (χ0n) is 22.8. The molecule has 0 spiro atoms. The highest BCUT2D eigenvalue weighted by Crippen LogP contribution is 2.46. The molecule has 1 heterocycles. The van der Waals surface area contributed by atoms with Crippen molar-refractivity contribution in [2.75, 3.05) is 26.6 Å². The lowest BCUT2D eigenvalue weighted by Gasteiger charge is -2.14. The van der Waals surface area contributed by atoms with Gasteiger partial charge >= 0.3 is 5.97 Å². The first-order valence-corrected chi connectivity index (χ1v) is 12.4. The van der Waals surface area contributed by atoms with Crippen LogP contribution in [0.1, 0.15) is 25.8 Å². The molecule has 1 amide bonds. The molecule has 0 fully saturated rings. The zero-order chi connectivity index (χ0) is 28.1. The van der Waals surface area contributed by atoms with E-state index in [0.717, 1.165) is 11.1 Å². The summed E-state index contributed by atoms with van der Waals surface area (Å²) >= 11 is 0. The fourth-order valence-electron chi connectivity index (χ4n) is 4.14. The number of esters is 1. The summed E-state index contributed by atoms with van der Waals surface area (Å²) in [5.41, 5.74) is 4.92. The Bertz CT molecular complexity index is 1470. The van der Waals surface area contributed by atoms with Crippen LogP contribution in [-0.4, -0.2) is 43.0 Å². The third-order valence-electron chi connectivity index (χ3n) is 6.08. The Kier molecular flexibility index (Phi) is 8.19. The lowest BCUT2D eigenvalue weighted by molar-refractivity contribution is -0.132. The van der Waals surface area contributed by atoms with E-state index in [2.05, 4.69) is 5.32 Å². The van der Waals surface area contributed by atoms with Crippen molar-refractivity contribution in [2.24, 2.45) is 0 Å². The number of aryl methyl sites for hydroxylation is 1. The monoisotopic (exact) mass is 529 g/mol. The van der Waals surface area contributed by atoms with Gasteiger partial charge in [-0.3, -0.25) is 9.59 Å². The number of amides is 1. The topological polar surface area (TPSA) is 101 Å². The van der Waals surface area contributed by atoms with Crippen molar-refractivity contribution in [3.05, 3.63) is 66.2 Å². The van der Waals surface area contributed by atoms with Gasteiger partial charge in [0.2, 0.25) is 17.5 Å². The number of hydrogen-bond donors (Lipinski definition) is 1. The number of ether oxygens (including phenoxy) is 4. The van der Waals surface area contributed by atoms with Crippen LogP contribution in [0, 0.1) is 6.92 Å². The highest BCUT2D eigenvalue weighted by Gasteiger charge is 2.26. The van der Waals surface area contributed by atoms with Crippen LogP contribution < -0.4 is 24.3 Å². The normalized spacial score (nSPS) is 10.6. The van der Waals surface area contributed by atoms with Crippen molar-refractivity contribution < 1.29 is 28.5 Å². The smallest absolute Gasteiger partial charge is 0.309 e. The van der Waals surface area contributed by atoms with Crippen LogP contribution in [0.15, 0.2) is 60.7 Å². The third-order valence-corrected chi connectivity index (χ3v) is 6.08. The molecular weight excluding hydrogens is 498 g/mol. The second-order valence-corrected chi connectivity index (χ2v) is 8.76. The summed E-state index contributed by atoms with van der Waals surface area (Å²) < 4.78 is 24.1. The van der Waals surface area contributed by atoms with Crippen LogP contribution in [-0.2, 0) is 9.59 Å². The van der Waals surface area contributed by atoms with Gasteiger partial charge in [-0.05, 0) is 48.9 Å². The third kappa shape index (κ3) is 5.72. The van der Waals surface area contributed by atoms with E-state index in [0.29, 0.717) is 51.9 Å². The van der Waals surface area contributed by atoms with E-state index in [1.807, 2.05) is 43.3 Å². The van der Waals surface area contributed by atoms with E-state index < -0.39 is 5.97 Å². The predicted molar refractivity (Wildman–Crippen MR) is 149 cm³/mol. The number of nitrogens with one attached hydrogen (secondary N) is 1. The van der Waals surface area contributed by atoms with Gasteiger partial charge in [-0.1, -0.05) is 36.8 Å². The summed E-state index contributed by atoms with van der Waals surface area (Å²) in [5, 5.41) is 7.77. The van der Waals surface area contributed by atoms with Gasteiger partial charge in [-0.15, -0.1) is 0 Å². The van der Waals surface area contributed by atoms with Crippen molar-refractivity contribution in [3.8, 4) is 51.2 Å². The highest BCUT2D eigenvalue weighted by molar-refractivity contribution is 5.92. The SMILES string of the molecule is CCC(=O)Nc1ccc(-c2c(-c3cc(OC)c(OC)c(OC)c3)nn(-c3ccc(C)cc3)c2OC(C)=O)cc1. The van der Waals surface area contributed by atoms with Gasteiger partial charge < -0.3 is 24.3 Å². The number of carbonyl (C=O) groups is 2. The molecule has 4 aromatic rings. The van der Waals surface area contributed by atoms with E-state index in [1.54, 1.807) is 50.1 Å². The molecule has 0 aliphatic heterocycles. The molecule has 39 heavy (non-hydrogen) atoms. The Morgan fingerprint density at radius 1 is 0.872 bits per heavy atom. The van der Waals surface area contributed by atoms with Gasteiger partial charge in [0.15, 0.2) is 11.5 Å². The van der Waals surface area contributed by atoms with Gasteiger partial charge in [-0.25, -0.2) is 0 Å². The molecule has 3 aromatic carbocycles. The summed E-state index contributed by atoms with van der Waals surface area (Å²) in [6, 6.07) is 18.6. The van der Waals surface area contributed by atoms with Gasteiger partial charge in [-0.2, -0.15) is 9.78 Å². The quantitative estimate of drug-likeness (QED) is 0.273. The summed E-state index contributed by atoms with van der Waals surface area (Å²) in [6.45, 7) is 5.13. The molecule has 0 unspecified atom stereocenters. The number of rotatable bonds is 9. The second kappa shape index (κ2) is 11.7. The minimum Gasteiger partial charge on any atom is -0.493 e. The Labute approximate surface area is 227 Å². The molecular formula is C30H31N3O6. The average molecular weight is 530 g/mol. The Morgan fingerprint density at radius 3 is 2.00 bits per heavy atom. The Hall–Kier alpha value is -4.79. The zero-order valence-corrected chi connectivity index (χ0v) is 22.8. The lowest BCUT2D eigenvalue weighted by Crippen LogP contribution is -2.09. The van der Waals surface area contributed by atoms with Crippen LogP contribution in [0.5, 0.6) is 23.1 Å². The second-order valence-electron chi connectivity index (χ2n) is 8.76. The molecule has 9 heteroatoms. The maximum absolute atomic E-state index is 12.3. The molecule has 0 atom stereocenters. The molecule has 0 aliphatic rings. The largest absolute Gasteiger partial charge is 0.493 e. The van der Waals surface area contributed by atoms with Crippen molar-refractivity contribution in [2.45, 2.75) is 27.2 Å². The molecule has 0 saturated heterocycles. The maximum atomic E-state index is 12.3. The van der Waals surface area contributed by atoms with Crippen LogP contribution >= 0.6 is 0 Å². The van der Waals surface area contributed by atoms with Crippen LogP contribution in [0.2, 0.25) is 0 Å². The van der Waals surface area contributed by atoms with Gasteiger partial charge in [0.05, 0.1) is 32.6 Å². The lowest BCUT2D eigenvalue weighted by atomic mass is 10.00. The summed E-state index contributed by atoms with van der Waals surface area (Å²) in [7, 11) is 4.62. The average Bonchev–Trinajstić information content (AvgIpc) is 3.31. The van der Waals surface area contributed by atoms with Gasteiger partial charge in [0.1, 0.15) is 5.69 Å². The summed E-state index contributed by atoms with van der Waals surface area (Å²) in [5.74, 6) is 1.02. The standard InChI is InChI=1S/C30H31N3O6/c1-7-26(35)31-22-12-10-20(11-13-22)27-28(21-16-24(36-4)29(38-6)25(17-21)37-5)32-33(30(27)39-19(3)34)23-14-8-18(2)9-15-23/h8-17H,7H2,1-6H3,(H,31,35). The summed E-state index contributed by atoms with van der Waals surface area (Å²) in [4.78, 5) is 24.2. The number of hydrogen-bond acceptors (Lipinski definition) is 7. The van der Waals surface area contributed by atoms with Crippen LogP contribution in [0.4, 0.5) is 5.69 Å². The van der Waals surface area contributed by atoms with Crippen molar-refractivity contribution >= 4 is 17.6 Å². The van der Waals surface area contributed by atoms with Gasteiger partial charge in [0, 0.05) is 24.6 Å². The van der Waals surface area contributed by atoms with Crippen molar-refractivity contribution in [3.63, 3.8) is 0 Å². The molecule has 1 aromatic heterocycles. The Morgan fingerprint density at radius 2 is 1.49 bits per heavy atom. The number of methoxy groups -OCH3 is 3. The van der Waals surface area contributed by atoms with Crippen LogP contribution in [0.25, 0.3) is 28.1 Å². The number of anilines is 1. The molecule has 4 rings (SSSR count). The van der Waals surface area contributed by atoms with Crippen molar-refractivity contribution in [1.82, 2.24) is 9.78 Å². The highest BCUT2D eigenvalue weighted by atomic mass is 16.5. The van der Waals surface area contributed by atoms with E-state index >= 15 is 0 Å². The van der Waals surface area contributed by atoms with E-state index in [4.69, 9.17) is 24.0 Å². The first-order valence-electron chi connectivity index (χ1n) is 12.4. The van der Waals surface area contributed by atoms with E-state index in [9.17, 15) is 9.59 Å². The predicted octanol–water partition coefficient (Wildman–Crippen LogP) is 5.81. The van der Waals surface area contributed by atoms with Gasteiger partial charge in [0.25, 0.3) is 0 Å². The molecule has 202 valence electrons. The minimum atomic E-state index is -0.493. The number of carbonyl (C=O) groups excluding carboxylic acids is 2. The Balaban J connectivity index is 2.01. The summed E-state index contributed by atoms with van der Waals surface area (Å²) in [6.07, 6.45) is 0.368. The fraction of sp³-hybridized carbons (Fsp3) is 0.233. The minimum absolute atomic E-state index is 0.0892. The number of benzene rings is 3. The molecule has 0 aliphatic carbocycles. The van der Waals surface area contributed by atoms with E-state index in [-0.39, 0.29) is 11.8 Å². The molecule has 0 radical (unpaired) electrons. The first kappa shape index (κ1) is 27.3. The fourth-order valence-corrected chi connectivity index (χ4v) is 4.14. The molecule has 0 bridgehead atoms. The molecule has 1 N–H and O–H groups in total. The molecule has 9 nitrogen and oxygen atoms in total. The maximum Gasteiger partial charge on any atom is 0.309 e. The molecule has 0 saturated carbocycles. The number of aromatic nitrogens is 2. The first-order chi connectivity index (χ1) is 18.8.